The fourth-order valence-corrected chi connectivity index (χ4v) is 2.03. The van der Waals surface area contributed by atoms with Crippen LogP contribution in [0.4, 0.5) is 0 Å². The SMILES string of the molecule is CCC(O)c1ccccc1OCC1CCOC1. The monoisotopic (exact) mass is 236 g/mol. The van der Waals surface area contributed by atoms with Gasteiger partial charge in [-0.3, -0.25) is 0 Å². The van der Waals surface area contributed by atoms with Crippen molar-refractivity contribution < 1.29 is 14.6 Å². The molecule has 0 saturated carbocycles. The van der Waals surface area contributed by atoms with E-state index in [1.807, 2.05) is 31.2 Å². The highest BCUT2D eigenvalue weighted by molar-refractivity contribution is 5.35. The summed E-state index contributed by atoms with van der Waals surface area (Å²) in [6.07, 6.45) is 1.33. The number of rotatable bonds is 5. The Morgan fingerprint density at radius 2 is 2.29 bits per heavy atom. The molecule has 1 fully saturated rings. The van der Waals surface area contributed by atoms with Crippen LogP contribution in [-0.2, 0) is 4.74 Å². The average Bonchev–Trinajstić information content (AvgIpc) is 2.89. The maximum Gasteiger partial charge on any atom is 0.125 e. The van der Waals surface area contributed by atoms with Gasteiger partial charge in [-0.15, -0.1) is 0 Å². The van der Waals surface area contributed by atoms with Gasteiger partial charge in [0.2, 0.25) is 0 Å². The number of aliphatic hydroxyl groups excluding tert-OH is 1. The van der Waals surface area contributed by atoms with Gasteiger partial charge in [0.15, 0.2) is 0 Å². The van der Waals surface area contributed by atoms with E-state index in [0.29, 0.717) is 18.9 Å². The van der Waals surface area contributed by atoms with Gasteiger partial charge >= 0.3 is 0 Å². The molecule has 17 heavy (non-hydrogen) atoms. The molecule has 1 saturated heterocycles. The third kappa shape index (κ3) is 3.20. The second-order valence-corrected chi connectivity index (χ2v) is 4.50. The van der Waals surface area contributed by atoms with Gasteiger partial charge in [0.1, 0.15) is 5.75 Å². The Hall–Kier alpha value is -1.06. The van der Waals surface area contributed by atoms with Crippen LogP contribution in [0.1, 0.15) is 31.4 Å². The zero-order valence-corrected chi connectivity index (χ0v) is 10.3. The van der Waals surface area contributed by atoms with Gasteiger partial charge in [-0.1, -0.05) is 25.1 Å². The van der Waals surface area contributed by atoms with E-state index in [1.165, 1.54) is 0 Å². The number of hydrogen-bond acceptors (Lipinski definition) is 3. The molecule has 3 nitrogen and oxygen atoms in total. The van der Waals surface area contributed by atoms with Crippen molar-refractivity contribution in [3.8, 4) is 5.75 Å². The number of ether oxygens (including phenoxy) is 2. The minimum absolute atomic E-state index is 0.439. The summed E-state index contributed by atoms with van der Waals surface area (Å²) < 4.78 is 11.1. The van der Waals surface area contributed by atoms with E-state index in [-0.39, 0.29) is 0 Å². The molecule has 1 aromatic carbocycles. The van der Waals surface area contributed by atoms with E-state index < -0.39 is 6.10 Å². The Morgan fingerprint density at radius 3 is 3.00 bits per heavy atom. The highest BCUT2D eigenvalue weighted by Crippen LogP contribution is 2.27. The molecule has 2 atom stereocenters. The first-order valence-electron chi connectivity index (χ1n) is 6.28. The second kappa shape index (κ2) is 6.03. The fourth-order valence-electron chi connectivity index (χ4n) is 2.03. The highest BCUT2D eigenvalue weighted by atomic mass is 16.5. The zero-order valence-electron chi connectivity index (χ0n) is 10.3. The third-order valence-corrected chi connectivity index (χ3v) is 3.16. The van der Waals surface area contributed by atoms with E-state index in [0.717, 1.165) is 30.9 Å². The van der Waals surface area contributed by atoms with Gasteiger partial charge in [0.05, 0.1) is 19.3 Å². The highest BCUT2D eigenvalue weighted by Gasteiger charge is 2.17. The predicted octanol–water partition coefficient (Wildman–Crippen LogP) is 2.55. The first-order valence-corrected chi connectivity index (χ1v) is 6.28. The minimum atomic E-state index is -0.439. The number of para-hydroxylation sites is 1. The zero-order chi connectivity index (χ0) is 12.1. The lowest BCUT2D eigenvalue weighted by Crippen LogP contribution is -2.13. The largest absolute Gasteiger partial charge is 0.493 e. The van der Waals surface area contributed by atoms with Gasteiger partial charge in [0, 0.05) is 18.1 Å². The van der Waals surface area contributed by atoms with Gasteiger partial charge in [-0.2, -0.15) is 0 Å². The first-order chi connectivity index (χ1) is 8.31. The molecule has 0 aliphatic carbocycles. The summed E-state index contributed by atoms with van der Waals surface area (Å²) in [5, 5.41) is 9.90. The van der Waals surface area contributed by atoms with Crippen LogP contribution >= 0.6 is 0 Å². The lowest BCUT2D eigenvalue weighted by molar-refractivity contribution is 0.155. The topological polar surface area (TPSA) is 38.7 Å². The van der Waals surface area contributed by atoms with E-state index in [1.54, 1.807) is 0 Å². The maximum absolute atomic E-state index is 9.90. The first kappa shape index (κ1) is 12.4. The Labute approximate surface area is 102 Å². The molecule has 1 aliphatic rings. The fraction of sp³-hybridized carbons (Fsp3) is 0.571. The average molecular weight is 236 g/mol. The predicted molar refractivity (Wildman–Crippen MR) is 66.1 cm³/mol. The van der Waals surface area contributed by atoms with Crippen LogP contribution in [0.5, 0.6) is 5.75 Å². The standard InChI is InChI=1S/C14H20O3/c1-2-13(15)12-5-3-4-6-14(12)17-10-11-7-8-16-9-11/h3-6,11,13,15H,2,7-10H2,1H3. The van der Waals surface area contributed by atoms with Crippen LogP contribution in [0.3, 0.4) is 0 Å². The molecule has 1 N–H and O–H groups in total. The maximum atomic E-state index is 9.90. The molecule has 0 radical (unpaired) electrons. The summed E-state index contributed by atoms with van der Waals surface area (Å²) in [7, 11) is 0. The summed E-state index contributed by atoms with van der Waals surface area (Å²) in [6, 6.07) is 7.71. The van der Waals surface area contributed by atoms with Gasteiger partial charge in [-0.05, 0) is 18.9 Å². The Balaban J connectivity index is 1.98. The Kier molecular flexibility index (Phi) is 4.40. The van der Waals surface area contributed by atoms with Gasteiger partial charge < -0.3 is 14.6 Å². The normalized spacial score (nSPS) is 21.4. The van der Waals surface area contributed by atoms with Gasteiger partial charge in [0.25, 0.3) is 0 Å². The molecule has 0 bridgehead atoms. The summed E-state index contributed by atoms with van der Waals surface area (Å²) in [5.41, 5.74) is 0.883. The van der Waals surface area contributed by atoms with Crippen molar-refractivity contribution in [1.29, 1.82) is 0 Å². The molecule has 2 unspecified atom stereocenters. The van der Waals surface area contributed by atoms with Crippen molar-refractivity contribution in [2.24, 2.45) is 5.92 Å². The lowest BCUT2D eigenvalue weighted by Gasteiger charge is -2.16. The Bertz CT molecular complexity index is 345. The van der Waals surface area contributed by atoms with E-state index in [2.05, 4.69) is 0 Å². The van der Waals surface area contributed by atoms with Crippen LogP contribution in [0.2, 0.25) is 0 Å². The number of aliphatic hydroxyl groups is 1. The van der Waals surface area contributed by atoms with Crippen molar-refractivity contribution in [3.05, 3.63) is 29.8 Å². The number of benzene rings is 1. The van der Waals surface area contributed by atoms with Crippen molar-refractivity contribution in [2.75, 3.05) is 19.8 Å². The van der Waals surface area contributed by atoms with Crippen LogP contribution in [0.25, 0.3) is 0 Å². The minimum Gasteiger partial charge on any atom is -0.493 e. The van der Waals surface area contributed by atoms with E-state index in [9.17, 15) is 5.11 Å². The quantitative estimate of drug-likeness (QED) is 0.854. The molecule has 1 aromatic rings. The van der Waals surface area contributed by atoms with E-state index >= 15 is 0 Å². The van der Waals surface area contributed by atoms with E-state index in [4.69, 9.17) is 9.47 Å². The third-order valence-electron chi connectivity index (χ3n) is 3.16. The molecular weight excluding hydrogens is 216 g/mol. The molecular formula is C14H20O3. The molecule has 0 aromatic heterocycles. The molecule has 1 aliphatic heterocycles. The lowest BCUT2D eigenvalue weighted by atomic mass is 10.1. The molecule has 3 heteroatoms. The smallest absolute Gasteiger partial charge is 0.125 e. The second-order valence-electron chi connectivity index (χ2n) is 4.50. The summed E-state index contributed by atoms with van der Waals surface area (Å²) in [6.45, 7) is 4.27. The summed E-state index contributed by atoms with van der Waals surface area (Å²) >= 11 is 0. The van der Waals surface area contributed by atoms with Gasteiger partial charge in [-0.25, -0.2) is 0 Å². The number of hydrogen-bond donors (Lipinski definition) is 1. The molecule has 94 valence electrons. The summed E-state index contributed by atoms with van der Waals surface area (Å²) in [4.78, 5) is 0. The van der Waals surface area contributed by atoms with Crippen LogP contribution in [0.15, 0.2) is 24.3 Å². The van der Waals surface area contributed by atoms with Crippen molar-refractivity contribution >= 4 is 0 Å². The van der Waals surface area contributed by atoms with Crippen LogP contribution < -0.4 is 4.74 Å². The van der Waals surface area contributed by atoms with Crippen LogP contribution in [-0.4, -0.2) is 24.9 Å². The van der Waals surface area contributed by atoms with Crippen LogP contribution in [0, 0.1) is 5.92 Å². The molecule has 0 spiro atoms. The van der Waals surface area contributed by atoms with Crippen molar-refractivity contribution in [3.63, 3.8) is 0 Å². The molecule has 2 rings (SSSR count). The summed E-state index contributed by atoms with van der Waals surface area (Å²) in [5.74, 6) is 1.29. The Morgan fingerprint density at radius 1 is 1.47 bits per heavy atom. The van der Waals surface area contributed by atoms with Crippen molar-refractivity contribution in [1.82, 2.24) is 0 Å². The van der Waals surface area contributed by atoms with Crippen molar-refractivity contribution in [2.45, 2.75) is 25.9 Å². The molecule has 0 amide bonds. The molecule has 1 heterocycles.